The number of amides is 2. The summed E-state index contributed by atoms with van der Waals surface area (Å²) >= 11 is 6.85. The Hall–Kier alpha value is -3.95. The molecule has 2 heterocycles. The summed E-state index contributed by atoms with van der Waals surface area (Å²) in [6, 6.07) is 1.12. The molecule has 0 aliphatic heterocycles. The van der Waals surface area contributed by atoms with Crippen LogP contribution in [-0.2, 0) is 19.6 Å². The van der Waals surface area contributed by atoms with Crippen molar-refractivity contribution in [2.24, 2.45) is 0 Å². The number of nitrogens with zero attached hydrogens (tertiary/aromatic N) is 1. The molecule has 0 bridgehead atoms. The van der Waals surface area contributed by atoms with Crippen LogP contribution in [0.15, 0.2) is 26.9 Å². The molecule has 16 heteroatoms. The molecule has 0 unspecified atom stereocenters. The Balaban J connectivity index is 1.93. The van der Waals surface area contributed by atoms with Gasteiger partial charge in [0.1, 0.15) is 26.5 Å². The molecule has 5 N–H and O–H groups in total. The lowest BCUT2D eigenvalue weighted by Crippen LogP contribution is -2.42. The number of carbonyl (C=O) groups excluding carboxylic acids is 2. The summed E-state index contributed by atoms with van der Waals surface area (Å²) in [5.41, 5.74) is 1.74. The number of aryl methyl sites for hydroxylation is 3. The zero-order valence-corrected chi connectivity index (χ0v) is 23.3. The van der Waals surface area contributed by atoms with Gasteiger partial charge in [0.25, 0.3) is 27.7 Å². The number of thiophene rings is 1. The summed E-state index contributed by atoms with van der Waals surface area (Å²) < 4.78 is 33.0. The number of hydrogen-bond donors (Lipinski definition) is 5. The Kier molecular flexibility index (Phi) is 8.67. The predicted molar refractivity (Wildman–Crippen MR) is 141 cm³/mol. The minimum absolute atomic E-state index is 0.0311. The quantitative estimate of drug-likeness (QED) is 0.230. The predicted octanol–water partition coefficient (Wildman–Crippen LogP) is 3.33. The lowest BCUT2D eigenvalue weighted by Gasteiger charge is -2.19. The second kappa shape index (κ2) is 11.4. The smallest absolute Gasteiger partial charge is 0.326 e. The molecule has 0 saturated carbocycles. The van der Waals surface area contributed by atoms with Crippen LogP contribution >= 0.6 is 22.9 Å². The van der Waals surface area contributed by atoms with Crippen LogP contribution in [-0.4, -0.2) is 53.6 Å². The average Bonchev–Trinajstić information content (AvgIpc) is 3.44. The molecule has 1 aromatic carbocycles. The van der Waals surface area contributed by atoms with Crippen LogP contribution in [0, 0.1) is 27.7 Å². The maximum Gasteiger partial charge on any atom is 0.326 e. The fraction of sp³-hybridized carbons (Fsp3) is 0.261. The van der Waals surface area contributed by atoms with Gasteiger partial charge < -0.3 is 25.4 Å². The minimum Gasteiger partial charge on any atom is -0.481 e. The number of aliphatic carboxylic acids is 2. The second-order valence-electron chi connectivity index (χ2n) is 8.43. The van der Waals surface area contributed by atoms with Crippen molar-refractivity contribution in [1.82, 2.24) is 10.5 Å². The highest BCUT2D eigenvalue weighted by atomic mass is 35.5. The Morgan fingerprint density at radius 2 is 1.77 bits per heavy atom. The van der Waals surface area contributed by atoms with Gasteiger partial charge >= 0.3 is 11.9 Å². The van der Waals surface area contributed by atoms with Gasteiger partial charge in [-0.05, 0) is 55.8 Å². The van der Waals surface area contributed by atoms with E-state index in [0.717, 1.165) is 11.3 Å². The number of carboxylic acids is 2. The van der Waals surface area contributed by atoms with Gasteiger partial charge in [0.05, 0.1) is 6.42 Å². The summed E-state index contributed by atoms with van der Waals surface area (Å²) in [7, 11) is -4.31. The number of anilines is 2. The van der Waals surface area contributed by atoms with Crippen molar-refractivity contribution in [3.63, 3.8) is 0 Å². The summed E-state index contributed by atoms with van der Waals surface area (Å²) in [4.78, 5) is 48.1. The van der Waals surface area contributed by atoms with Gasteiger partial charge in [-0.3, -0.25) is 14.4 Å². The first-order valence-corrected chi connectivity index (χ1v) is 13.8. The molecular formula is C23H23ClN4O9S2. The molecule has 2 aromatic heterocycles. The molecule has 3 rings (SSSR count). The van der Waals surface area contributed by atoms with E-state index in [1.807, 2.05) is 0 Å². The third-order valence-electron chi connectivity index (χ3n) is 5.56. The third-order valence-corrected chi connectivity index (χ3v) is 8.42. The van der Waals surface area contributed by atoms with E-state index in [1.165, 1.54) is 25.3 Å². The normalized spacial score (nSPS) is 12.0. The Labute approximate surface area is 231 Å². The SMILES string of the molecule is Cc1cc(C)c(C(=O)N[C@@H](CC(=O)O)C(=O)O)c(C)c1NC(=O)c1sccc1S(=O)(=O)Nc1onc(C)c1Cl. The fourth-order valence-electron chi connectivity index (χ4n) is 3.78. The van der Waals surface area contributed by atoms with Crippen molar-refractivity contribution in [1.29, 1.82) is 0 Å². The van der Waals surface area contributed by atoms with Gasteiger partial charge in [-0.15, -0.1) is 11.3 Å². The van der Waals surface area contributed by atoms with Crippen molar-refractivity contribution in [2.45, 2.75) is 45.1 Å². The van der Waals surface area contributed by atoms with Crippen molar-refractivity contribution in [2.75, 3.05) is 10.0 Å². The fourth-order valence-corrected chi connectivity index (χ4v) is 6.27. The highest BCUT2D eigenvalue weighted by molar-refractivity contribution is 7.93. The third kappa shape index (κ3) is 6.38. The molecule has 39 heavy (non-hydrogen) atoms. The maximum absolute atomic E-state index is 13.2. The largest absolute Gasteiger partial charge is 0.481 e. The van der Waals surface area contributed by atoms with Crippen LogP contribution in [0.2, 0.25) is 5.02 Å². The summed E-state index contributed by atoms with van der Waals surface area (Å²) in [6.45, 7) is 6.28. The number of hydrogen-bond acceptors (Lipinski definition) is 9. The van der Waals surface area contributed by atoms with E-state index in [4.69, 9.17) is 21.2 Å². The molecule has 13 nitrogen and oxygen atoms in total. The average molecular weight is 599 g/mol. The van der Waals surface area contributed by atoms with Crippen LogP contribution in [0.25, 0.3) is 0 Å². The zero-order valence-electron chi connectivity index (χ0n) is 20.9. The highest BCUT2D eigenvalue weighted by Crippen LogP contribution is 2.32. The van der Waals surface area contributed by atoms with Crippen LogP contribution in [0.1, 0.15) is 48.8 Å². The van der Waals surface area contributed by atoms with Gasteiger partial charge in [-0.1, -0.05) is 22.8 Å². The van der Waals surface area contributed by atoms with Gasteiger partial charge in [0, 0.05) is 11.3 Å². The van der Waals surface area contributed by atoms with E-state index in [0.29, 0.717) is 11.1 Å². The number of sulfonamides is 1. The number of carbonyl (C=O) groups is 4. The van der Waals surface area contributed by atoms with Crippen LogP contribution in [0.4, 0.5) is 11.6 Å². The first-order valence-electron chi connectivity index (χ1n) is 11.0. The van der Waals surface area contributed by atoms with Crippen LogP contribution in [0.3, 0.4) is 0 Å². The number of rotatable bonds is 10. The molecule has 0 radical (unpaired) electrons. The minimum atomic E-state index is -4.31. The number of carboxylic acid groups (broad SMARTS) is 2. The van der Waals surface area contributed by atoms with Gasteiger partial charge in [-0.2, -0.15) is 0 Å². The number of benzene rings is 1. The van der Waals surface area contributed by atoms with E-state index in [2.05, 4.69) is 20.5 Å². The Bertz CT molecular complexity index is 1590. The monoisotopic (exact) mass is 598 g/mol. The van der Waals surface area contributed by atoms with Crippen molar-refractivity contribution in [3.8, 4) is 0 Å². The molecule has 208 valence electrons. The topological polar surface area (TPSA) is 205 Å². The van der Waals surface area contributed by atoms with Crippen molar-refractivity contribution in [3.05, 3.63) is 55.4 Å². The Morgan fingerprint density at radius 1 is 1.10 bits per heavy atom. The van der Waals surface area contributed by atoms with Gasteiger partial charge in [-0.25, -0.2) is 17.9 Å². The molecule has 1 atom stereocenters. The number of halogens is 1. The zero-order chi connectivity index (χ0) is 29.2. The summed E-state index contributed by atoms with van der Waals surface area (Å²) in [5, 5.41) is 28.0. The summed E-state index contributed by atoms with van der Waals surface area (Å²) in [6.07, 6.45) is -0.836. The second-order valence-corrected chi connectivity index (χ2v) is 11.4. The molecule has 0 spiro atoms. The standard InChI is InChI=1S/C23H23ClN4O9S2/c1-9-7-10(2)18(11(3)16(9)20(31)25-13(23(33)34)8-15(29)30)26-21(32)19-14(5-6-38-19)39(35,36)28-22-17(24)12(4)27-37-22/h5-7,13,28H,8H2,1-4H3,(H,25,31)(H,26,32)(H,29,30)(H,33,34)/t13-/m0/s1. The molecular weight excluding hydrogens is 576 g/mol. The molecule has 0 saturated heterocycles. The number of aromatic nitrogens is 1. The van der Waals surface area contributed by atoms with Gasteiger partial charge in [0.15, 0.2) is 0 Å². The molecule has 2 amide bonds. The molecule has 0 fully saturated rings. The number of nitrogens with one attached hydrogen (secondary N) is 3. The van der Waals surface area contributed by atoms with E-state index >= 15 is 0 Å². The van der Waals surface area contributed by atoms with Crippen molar-refractivity contribution >= 4 is 68.3 Å². The van der Waals surface area contributed by atoms with Gasteiger partial charge in [0.2, 0.25) is 0 Å². The van der Waals surface area contributed by atoms with E-state index in [9.17, 15) is 32.7 Å². The van der Waals surface area contributed by atoms with Crippen LogP contribution < -0.4 is 15.4 Å². The highest BCUT2D eigenvalue weighted by Gasteiger charge is 2.29. The van der Waals surface area contributed by atoms with Crippen molar-refractivity contribution < 1.29 is 42.3 Å². The van der Waals surface area contributed by atoms with E-state index in [-0.39, 0.29) is 43.2 Å². The molecule has 3 aromatic rings. The summed E-state index contributed by atoms with van der Waals surface area (Å²) in [5.74, 6) is -4.89. The lowest BCUT2D eigenvalue weighted by atomic mass is 9.96. The maximum atomic E-state index is 13.2. The van der Waals surface area contributed by atoms with E-state index < -0.39 is 46.2 Å². The molecule has 0 aliphatic rings. The first kappa shape index (κ1) is 29.6. The lowest BCUT2D eigenvalue weighted by molar-refractivity contribution is -0.145. The van der Waals surface area contributed by atoms with Crippen LogP contribution in [0.5, 0.6) is 0 Å². The Morgan fingerprint density at radius 3 is 2.33 bits per heavy atom. The first-order chi connectivity index (χ1) is 18.1. The molecule has 0 aliphatic carbocycles. The van der Waals surface area contributed by atoms with E-state index in [1.54, 1.807) is 19.9 Å².